The number of aliphatic hydroxyl groups excluding tert-OH is 3. The van der Waals surface area contributed by atoms with Crippen LogP contribution in [-0.4, -0.2) is 148 Å². The van der Waals surface area contributed by atoms with Crippen molar-refractivity contribution in [3.63, 3.8) is 0 Å². The van der Waals surface area contributed by atoms with Crippen LogP contribution in [0.4, 0.5) is 0 Å². The highest BCUT2D eigenvalue weighted by Gasteiger charge is 2.53. The van der Waals surface area contributed by atoms with Crippen LogP contribution in [0.1, 0.15) is 94.9 Å². The molecule has 3 aliphatic heterocycles. The standard InChI is InChI=1S/C37H67NO13/c1-14-25-37(10,45)30(41)20(4)27(39)18(2)16-35(8,44)32(51-34-28(40)24(38(11)12)15-19(3)47-34)21(5)29(22(6)33(43)49-25)50-26-17-36(9,46-13)31(42)23(7)48-26/h18-26,28-32,34,40-42,44-45H,14-17H2,1-13H3/t18-,19-,20+,21+,22-,23+,24+,25-,26?,28-,29+,30-,31+,32?,34?,35+,36-,37-/m1/s1. The number of ether oxygens (including phenoxy) is 6. The molecule has 0 aromatic carbocycles. The van der Waals surface area contributed by atoms with Gasteiger partial charge in [0.05, 0.1) is 47.6 Å². The van der Waals surface area contributed by atoms with Crippen LogP contribution >= 0.6 is 0 Å². The predicted octanol–water partition coefficient (Wildman–Crippen LogP) is 1.79. The number of rotatable bonds is 7. The molecule has 3 heterocycles. The summed E-state index contributed by atoms with van der Waals surface area (Å²) in [5.74, 6) is -4.98. The van der Waals surface area contributed by atoms with Crippen molar-refractivity contribution in [3.05, 3.63) is 0 Å². The Morgan fingerprint density at radius 2 is 1.49 bits per heavy atom. The van der Waals surface area contributed by atoms with Crippen molar-refractivity contribution in [2.45, 2.75) is 179 Å². The first kappa shape index (κ1) is 44.1. The lowest BCUT2D eigenvalue weighted by molar-refractivity contribution is -0.318. The summed E-state index contributed by atoms with van der Waals surface area (Å²) in [7, 11) is 5.18. The Balaban J connectivity index is 2.18. The molecule has 3 saturated heterocycles. The van der Waals surface area contributed by atoms with Crippen molar-refractivity contribution in [2.75, 3.05) is 21.2 Å². The Morgan fingerprint density at radius 1 is 0.882 bits per heavy atom. The zero-order valence-electron chi connectivity index (χ0n) is 32.9. The van der Waals surface area contributed by atoms with E-state index in [0.717, 1.165) is 0 Å². The van der Waals surface area contributed by atoms with Crippen LogP contribution < -0.4 is 0 Å². The maximum absolute atomic E-state index is 14.1. The van der Waals surface area contributed by atoms with E-state index in [1.54, 1.807) is 41.5 Å². The van der Waals surface area contributed by atoms with Gasteiger partial charge in [0, 0.05) is 37.3 Å². The summed E-state index contributed by atoms with van der Waals surface area (Å²) in [6.07, 6.45) is -9.71. The number of ketones is 1. The molecule has 298 valence electrons. The molecule has 0 amide bonds. The fourth-order valence-electron chi connectivity index (χ4n) is 8.41. The molecule has 14 nitrogen and oxygen atoms in total. The van der Waals surface area contributed by atoms with E-state index in [9.17, 15) is 35.1 Å². The third-order valence-corrected chi connectivity index (χ3v) is 11.8. The SMILES string of the molecule is CC[C@H]1OC(=O)[C@H](C)[C@@H](OC2C[C@@](C)(OC)[C@@H](O)[C@H](C)O2)[C@H](C)C(OC2O[C@H](C)C[C@H](N(C)C)[C@H]2O)[C@@](C)(O)C[C@@H](C)C(=O)[C@H](C)[C@@H](O)[C@]1(C)O. The molecule has 0 aromatic rings. The van der Waals surface area contributed by atoms with Crippen LogP contribution in [0.25, 0.3) is 0 Å². The average Bonchev–Trinajstić information content (AvgIpc) is 3.05. The highest BCUT2D eigenvalue weighted by molar-refractivity contribution is 5.83. The lowest BCUT2D eigenvalue weighted by Crippen LogP contribution is -2.61. The molecule has 3 rings (SSSR count). The summed E-state index contributed by atoms with van der Waals surface area (Å²) in [4.78, 5) is 29.8. The van der Waals surface area contributed by atoms with Crippen molar-refractivity contribution >= 4 is 11.8 Å². The molecule has 0 aliphatic carbocycles. The van der Waals surface area contributed by atoms with Crippen LogP contribution in [0.2, 0.25) is 0 Å². The fourth-order valence-corrected chi connectivity index (χ4v) is 8.41. The molecule has 18 atom stereocenters. The molecular formula is C37H67NO13. The van der Waals surface area contributed by atoms with E-state index in [0.29, 0.717) is 6.42 Å². The number of Topliss-reactive ketones (excluding diaryl/α,β-unsaturated/α-hetero) is 1. The van der Waals surface area contributed by atoms with E-state index in [1.165, 1.54) is 27.9 Å². The van der Waals surface area contributed by atoms with Gasteiger partial charge in [-0.1, -0.05) is 27.7 Å². The van der Waals surface area contributed by atoms with E-state index in [1.807, 2.05) is 25.9 Å². The number of esters is 1. The first-order valence-electron chi connectivity index (χ1n) is 18.5. The molecule has 0 radical (unpaired) electrons. The second-order valence-corrected chi connectivity index (χ2v) is 16.5. The number of hydrogen-bond acceptors (Lipinski definition) is 14. The second-order valence-electron chi connectivity index (χ2n) is 16.5. The van der Waals surface area contributed by atoms with Crippen LogP contribution in [-0.2, 0) is 38.0 Å². The van der Waals surface area contributed by atoms with E-state index in [2.05, 4.69) is 0 Å². The Labute approximate surface area is 304 Å². The van der Waals surface area contributed by atoms with Gasteiger partial charge in [-0.15, -0.1) is 0 Å². The quantitative estimate of drug-likeness (QED) is 0.238. The fraction of sp³-hybridized carbons (Fsp3) is 0.946. The van der Waals surface area contributed by atoms with Gasteiger partial charge >= 0.3 is 5.97 Å². The van der Waals surface area contributed by atoms with Crippen molar-refractivity contribution in [1.82, 2.24) is 4.90 Å². The van der Waals surface area contributed by atoms with Gasteiger partial charge in [-0.25, -0.2) is 0 Å². The minimum Gasteiger partial charge on any atom is -0.459 e. The Hall–Kier alpha value is -1.30. The molecule has 5 N–H and O–H groups in total. The number of carbonyl (C=O) groups excluding carboxylic acids is 2. The Kier molecular flexibility index (Phi) is 14.7. The van der Waals surface area contributed by atoms with E-state index in [-0.39, 0.29) is 31.4 Å². The molecule has 3 fully saturated rings. The number of likely N-dealkylation sites (N-methyl/N-ethyl adjacent to an activating group) is 1. The summed E-state index contributed by atoms with van der Waals surface area (Å²) >= 11 is 0. The number of hydrogen-bond donors (Lipinski definition) is 5. The van der Waals surface area contributed by atoms with Gasteiger partial charge in [-0.2, -0.15) is 0 Å². The zero-order valence-corrected chi connectivity index (χ0v) is 32.9. The lowest BCUT2D eigenvalue weighted by atomic mass is 9.74. The third kappa shape index (κ3) is 9.51. The summed E-state index contributed by atoms with van der Waals surface area (Å²) < 4.78 is 37.1. The number of carbonyl (C=O) groups is 2. The topological polar surface area (TPSA) is 194 Å². The maximum atomic E-state index is 14.1. The van der Waals surface area contributed by atoms with Gasteiger partial charge in [0.25, 0.3) is 0 Å². The number of cyclic esters (lactones) is 1. The zero-order chi connectivity index (χ0) is 39.0. The van der Waals surface area contributed by atoms with Crippen LogP contribution in [0.3, 0.4) is 0 Å². The summed E-state index contributed by atoms with van der Waals surface area (Å²) in [6.45, 7) is 16.3. The molecule has 51 heavy (non-hydrogen) atoms. The molecule has 0 spiro atoms. The van der Waals surface area contributed by atoms with Gasteiger partial charge in [0.2, 0.25) is 0 Å². The summed E-state index contributed by atoms with van der Waals surface area (Å²) in [5.41, 5.74) is -4.84. The molecule has 14 heteroatoms. The molecule has 0 aromatic heterocycles. The molecule has 0 bridgehead atoms. The van der Waals surface area contributed by atoms with Gasteiger partial charge < -0.3 is 58.9 Å². The van der Waals surface area contributed by atoms with Crippen LogP contribution in [0.15, 0.2) is 0 Å². The smallest absolute Gasteiger partial charge is 0.311 e. The van der Waals surface area contributed by atoms with E-state index in [4.69, 9.17) is 28.4 Å². The molecule has 3 aliphatic rings. The second kappa shape index (κ2) is 17.0. The number of nitrogens with zero attached hydrogens (tertiary/aromatic N) is 1. The maximum Gasteiger partial charge on any atom is 0.311 e. The Morgan fingerprint density at radius 3 is 2.04 bits per heavy atom. The molecular weight excluding hydrogens is 666 g/mol. The van der Waals surface area contributed by atoms with Crippen LogP contribution in [0.5, 0.6) is 0 Å². The highest BCUT2D eigenvalue weighted by atomic mass is 16.7. The normalized spacial score (nSPS) is 49.7. The van der Waals surface area contributed by atoms with Crippen molar-refractivity contribution < 1.29 is 63.5 Å². The van der Waals surface area contributed by atoms with Gasteiger partial charge in [0.15, 0.2) is 12.6 Å². The third-order valence-electron chi connectivity index (χ3n) is 11.8. The van der Waals surface area contributed by atoms with E-state index >= 15 is 0 Å². The van der Waals surface area contributed by atoms with Crippen molar-refractivity contribution in [2.24, 2.45) is 23.7 Å². The first-order chi connectivity index (χ1) is 23.4. The largest absolute Gasteiger partial charge is 0.459 e. The molecule has 3 unspecified atom stereocenters. The lowest BCUT2D eigenvalue weighted by Gasteiger charge is -2.49. The van der Waals surface area contributed by atoms with Gasteiger partial charge in [-0.05, 0) is 74.9 Å². The van der Waals surface area contributed by atoms with Crippen molar-refractivity contribution in [1.29, 1.82) is 0 Å². The monoisotopic (exact) mass is 733 g/mol. The Bertz CT molecular complexity index is 1170. The minimum atomic E-state index is -1.99. The van der Waals surface area contributed by atoms with Crippen LogP contribution in [0, 0.1) is 23.7 Å². The average molecular weight is 734 g/mol. The highest BCUT2D eigenvalue weighted by Crippen LogP contribution is 2.40. The number of methoxy groups -OCH3 is 1. The van der Waals surface area contributed by atoms with E-state index < -0.39 is 108 Å². The minimum absolute atomic E-state index is 0.0936. The number of aliphatic hydroxyl groups is 5. The predicted molar refractivity (Wildman–Crippen MR) is 186 cm³/mol. The summed E-state index contributed by atoms with van der Waals surface area (Å²) in [6, 6.07) is -0.324. The summed E-state index contributed by atoms with van der Waals surface area (Å²) in [5, 5.41) is 57.6. The molecule has 0 saturated carbocycles. The van der Waals surface area contributed by atoms with Crippen molar-refractivity contribution in [3.8, 4) is 0 Å². The van der Waals surface area contributed by atoms with Gasteiger partial charge in [-0.3, -0.25) is 9.59 Å². The van der Waals surface area contributed by atoms with Gasteiger partial charge in [0.1, 0.15) is 29.7 Å². The first-order valence-corrected chi connectivity index (χ1v) is 18.5.